The van der Waals surface area contributed by atoms with Crippen LogP contribution in [-0.2, 0) is 24.5 Å². The first-order valence-corrected chi connectivity index (χ1v) is 16.1. The Kier molecular flexibility index (Phi) is 13.6. The average Bonchev–Trinajstić information content (AvgIpc) is 2.52. The van der Waals surface area contributed by atoms with Crippen molar-refractivity contribution in [2.75, 3.05) is 33.8 Å². The van der Waals surface area contributed by atoms with Crippen molar-refractivity contribution in [1.29, 1.82) is 0 Å². The van der Waals surface area contributed by atoms with E-state index in [-0.39, 0.29) is 0 Å². The molecule has 16 heteroatoms. The Morgan fingerprint density at radius 1 is 0.781 bits per heavy atom. The molecule has 0 saturated carbocycles. The van der Waals surface area contributed by atoms with Gasteiger partial charge in [0.1, 0.15) is 0 Å². The molecule has 0 N–H and O–H groups in total. The first-order valence-electron chi connectivity index (χ1n) is 9.80. The quantitative estimate of drug-likeness (QED) is 0.151. The largest absolute Gasteiger partial charge is 0.480 e. The molecule has 7 nitrogen and oxygen atoms in total. The lowest BCUT2D eigenvalue weighted by atomic mass is 10.2. The van der Waals surface area contributed by atoms with Gasteiger partial charge in [0.2, 0.25) is 0 Å². The predicted octanol–water partition coefficient (Wildman–Crippen LogP) is 4.94. The van der Waals surface area contributed by atoms with E-state index in [4.69, 9.17) is 4.43 Å². The molecule has 196 valence electrons. The monoisotopic (exact) mass is 540 g/mol. The summed E-state index contributed by atoms with van der Waals surface area (Å²) in [4.78, 5) is 0. The van der Waals surface area contributed by atoms with Gasteiger partial charge in [0, 0.05) is 13.0 Å². The number of nitrogens with zero attached hydrogens (tertiary/aromatic N) is 2. The van der Waals surface area contributed by atoms with Gasteiger partial charge >= 0.3 is 11.0 Å². The maximum atomic E-state index is 11.4. The summed E-state index contributed by atoms with van der Waals surface area (Å²) < 4.78 is 116. The highest BCUT2D eigenvalue weighted by molar-refractivity contribution is 8.13. The van der Waals surface area contributed by atoms with Crippen LogP contribution in [-0.4, -0.2) is 74.4 Å². The smallest absolute Gasteiger partial charge is 0.421 e. The second kappa shape index (κ2) is 12.9. The van der Waals surface area contributed by atoms with Crippen molar-refractivity contribution in [2.45, 2.75) is 69.7 Å². The zero-order chi connectivity index (χ0) is 26.1. The van der Waals surface area contributed by atoms with Gasteiger partial charge in [-0.15, -0.1) is 0 Å². The lowest BCUT2D eigenvalue weighted by Gasteiger charge is -2.30. The van der Waals surface area contributed by atoms with E-state index in [1.807, 2.05) is 0 Å². The van der Waals surface area contributed by atoms with E-state index < -0.39 is 39.4 Å². The highest BCUT2D eigenvalue weighted by atomic mass is 32.3. The molecule has 0 amide bonds. The molecule has 0 aliphatic carbocycles. The summed E-state index contributed by atoms with van der Waals surface area (Å²) in [7, 11) is -10.0. The van der Waals surface area contributed by atoms with Crippen LogP contribution in [0.1, 0.15) is 39.0 Å². The van der Waals surface area contributed by atoms with Gasteiger partial charge in [-0.2, -0.15) is 26.3 Å². The van der Waals surface area contributed by atoms with Crippen LogP contribution in [0.3, 0.4) is 0 Å². The molecule has 0 aliphatic rings. The van der Waals surface area contributed by atoms with Crippen LogP contribution in [0.25, 0.3) is 4.13 Å². The Morgan fingerprint density at radius 2 is 1.19 bits per heavy atom. The molecule has 32 heavy (non-hydrogen) atoms. The summed E-state index contributed by atoms with van der Waals surface area (Å²) in [5.74, 6) is 0. The fourth-order valence-electron chi connectivity index (χ4n) is 2.16. The van der Waals surface area contributed by atoms with Gasteiger partial charge in [-0.1, -0.05) is 19.8 Å². The highest BCUT2D eigenvalue weighted by Crippen LogP contribution is 2.36. The Balaban J connectivity index is 0. The minimum absolute atomic E-state index is 0.778. The van der Waals surface area contributed by atoms with E-state index in [9.17, 15) is 43.2 Å². The molecule has 0 radical (unpaired) electrons. The Bertz CT molecular complexity index is 706. The number of hydrogen-bond acceptors (Lipinski definition) is 5. The van der Waals surface area contributed by atoms with E-state index in [2.05, 4.69) is 40.7 Å². The van der Waals surface area contributed by atoms with Crippen molar-refractivity contribution in [3.63, 3.8) is 0 Å². The van der Waals surface area contributed by atoms with Gasteiger partial charge in [0.25, 0.3) is 0 Å². The van der Waals surface area contributed by atoms with Crippen LogP contribution >= 0.6 is 0 Å². The van der Waals surface area contributed by atoms with Gasteiger partial charge in [-0.25, -0.2) is 16.8 Å². The van der Waals surface area contributed by atoms with Crippen molar-refractivity contribution < 1.29 is 52.1 Å². The molecular weight excluding hydrogens is 506 g/mol. The second-order valence-corrected chi connectivity index (χ2v) is 16.6. The minimum atomic E-state index is -6.72. The van der Waals surface area contributed by atoms with Crippen LogP contribution < -0.4 is 0 Å². The topological polar surface area (TPSA) is 91.6 Å². The highest BCUT2D eigenvalue weighted by Gasteiger charge is 2.46. The maximum Gasteiger partial charge on any atom is 0.480 e. The zero-order valence-corrected chi connectivity index (χ0v) is 21.8. The van der Waals surface area contributed by atoms with Crippen molar-refractivity contribution >= 4 is 28.4 Å². The molecule has 0 aromatic carbocycles. The molecule has 0 heterocycles. The van der Waals surface area contributed by atoms with E-state index in [0.717, 1.165) is 15.2 Å². The molecule has 0 rings (SSSR count). The fourth-order valence-corrected chi connectivity index (χ4v) is 4.63. The molecular formula is C16H34F6N2O5S2Si. The number of unbranched alkanes of at least 4 members (excludes halogenated alkanes) is 3. The molecule has 0 spiro atoms. The summed E-state index contributed by atoms with van der Waals surface area (Å²) >= 11 is 0. The molecule has 0 aromatic heterocycles. The normalized spacial score (nSPS) is 14.1. The molecule has 0 saturated heterocycles. The summed E-state index contributed by atoms with van der Waals surface area (Å²) in [6.07, 6.45) is 6.68. The van der Waals surface area contributed by atoms with Gasteiger partial charge in [-0.05, 0) is 32.5 Å². The Labute approximate surface area is 188 Å². The van der Waals surface area contributed by atoms with E-state index in [1.54, 1.807) is 0 Å². The molecule has 0 fully saturated rings. The van der Waals surface area contributed by atoms with Gasteiger partial charge in [0.15, 0.2) is 28.4 Å². The average molecular weight is 541 g/mol. The van der Waals surface area contributed by atoms with Gasteiger partial charge in [-0.3, -0.25) is 0 Å². The first kappa shape index (κ1) is 33.7. The number of quaternary nitrogens is 1. The van der Waals surface area contributed by atoms with E-state index in [1.165, 1.54) is 45.2 Å². The third-order valence-electron chi connectivity index (χ3n) is 3.84. The van der Waals surface area contributed by atoms with Crippen molar-refractivity contribution in [2.24, 2.45) is 0 Å². The number of hydrogen-bond donors (Lipinski definition) is 0. The summed E-state index contributed by atoms with van der Waals surface area (Å²) in [5, 5.41) is 0. The number of halogens is 6. The maximum absolute atomic E-state index is 11.4. The van der Waals surface area contributed by atoms with Crippen molar-refractivity contribution in [1.82, 2.24) is 0 Å². The first-order chi connectivity index (χ1) is 14.0. The molecule has 0 atom stereocenters. The SMILES string of the molecule is CCCCCC[N+](C)(C)CCCO[Si](C)(C)C.O=S(=O)([N-]S(=O)(=O)C(F)(F)F)C(F)(F)F. The molecule has 0 bridgehead atoms. The lowest BCUT2D eigenvalue weighted by Crippen LogP contribution is -2.42. The number of alkyl halides is 6. The van der Waals surface area contributed by atoms with Crippen molar-refractivity contribution in [3.8, 4) is 0 Å². The number of sulfonamides is 2. The molecule has 0 aliphatic heterocycles. The minimum Gasteiger partial charge on any atom is -0.421 e. The standard InChI is InChI=1S/C14H34NOSi.C2F6NO4S2/c1-7-8-9-10-12-15(2,3)13-11-14-16-17(4,5)6;3-1(4,5)14(10,11)9-15(12,13)2(6,7)8/h7-14H2,1-6H3;/q+1;-1. The summed E-state index contributed by atoms with van der Waals surface area (Å²) in [6.45, 7) is 12.6. The van der Waals surface area contributed by atoms with Crippen LogP contribution in [0.4, 0.5) is 26.3 Å². The van der Waals surface area contributed by atoms with Crippen molar-refractivity contribution in [3.05, 3.63) is 4.13 Å². The lowest BCUT2D eigenvalue weighted by molar-refractivity contribution is -0.890. The molecule has 0 unspecified atom stereocenters. The van der Waals surface area contributed by atoms with Crippen LogP contribution in [0.2, 0.25) is 19.6 Å². The summed E-state index contributed by atoms with van der Waals surface area (Å²) in [6, 6.07) is 0. The third kappa shape index (κ3) is 15.4. The zero-order valence-electron chi connectivity index (χ0n) is 19.2. The predicted molar refractivity (Wildman–Crippen MR) is 113 cm³/mol. The van der Waals surface area contributed by atoms with Crippen LogP contribution in [0, 0.1) is 0 Å². The van der Waals surface area contributed by atoms with E-state index >= 15 is 0 Å². The van der Waals surface area contributed by atoms with Crippen LogP contribution in [0.15, 0.2) is 0 Å². The van der Waals surface area contributed by atoms with Gasteiger partial charge < -0.3 is 13.0 Å². The van der Waals surface area contributed by atoms with E-state index in [0.29, 0.717) is 0 Å². The number of rotatable bonds is 12. The Hall–Kier alpha value is -0.423. The molecule has 0 aromatic rings. The van der Waals surface area contributed by atoms with Gasteiger partial charge in [0.05, 0.1) is 27.2 Å². The summed E-state index contributed by atoms with van der Waals surface area (Å²) in [5.41, 5.74) is -12.4. The van der Waals surface area contributed by atoms with Crippen LogP contribution in [0.5, 0.6) is 0 Å². The second-order valence-electron chi connectivity index (χ2n) is 8.67. The fraction of sp³-hybridized carbons (Fsp3) is 1.00. The Morgan fingerprint density at radius 3 is 1.53 bits per heavy atom. The third-order valence-corrected chi connectivity index (χ3v) is 7.65.